The van der Waals surface area contributed by atoms with Gasteiger partial charge in [0, 0.05) is 54.0 Å². The quantitative estimate of drug-likeness (QED) is 0.518. The summed E-state index contributed by atoms with van der Waals surface area (Å²) < 4.78 is 10.5. The molecule has 0 aromatic heterocycles. The largest absolute Gasteiger partial charge is 0.414 e. The van der Waals surface area contributed by atoms with Crippen molar-refractivity contribution in [3.8, 4) is 11.5 Å². The molecule has 0 spiro atoms. The molecular formula is C23H27N3O5. The number of carbonyl (C=O) groups is 3. The van der Waals surface area contributed by atoms with Crippen molar-refractivity contribution in [1.29, 1.82) is 0 Å². The molecule has 0 saturated heterocycles. The lowest BCUT2D eigenvalue weighted by molar-refractivity contribution is 0.104. The van der Waals surface area contributed by atoms with Crippen molar-refractivity contribution >= 4 is 29.7 Å². The van der Waals surface area contributed by atoms with Crippen molar-refractivity contribution in [2.75, 3.05) is 47.2 Å². The van der Waals surface area contributed by atoms with Crippen LogP contribution in [0.5, 0.6) is 11.5 Å². The maximum atomic E-state index is 12.8. The highest BCUT2D eigenvalue weighted by molar-refractivity contribution is 6.09. The number of nitrogens with zero attached hydrogens (tertiary/aromatic N) is 3. The SMILES string of the molecule is CN(C)C(=O)Oc1ccc(C(=O)/C=C/c2ccc(N(C)C)cc2)c(OC(=O)N(C)C)c1. The van der Waals surface area contributed by atoms with Crippen LogP contribution < -0.4 is 14.4 Å². The number of hydrogen-bond donors (Lipinski definition) is 0. The average Bonchev–Trinajstić information content (AvgIpc) is 2.72. The van der Waals surface area contributed by atoms with E-state index in [9.17, 15) is 14.4 Å². The third kappa shape index (κ3) is 6.60. The molecule has 8 nitrogen and oxygen atoms in total. The van der Waals surface area contributed by atoms with E-state index in [1.807, 2.05) is 43.3 Å². The Labute approximate surface area is 182 Å². The summed E-state index contributed by atoms with van der Waals surface area (Å²) in [4.78, 5) is 41.1. The van der Waals surface area contributed by atoms with Gasteiger partial charge in [-0.3, -0.25) is 4.79 Å². The molecule has 2 aromatic carbocycles. The lowest BCUT2D eigenvalue weighted by Gasteiger charge is -2.15. The van der Waals surface area contributed by atoms with Gasteiger partial charge in [-0.2, -0.15) is 0 Å². The first kappa shape index (κ1) is 23.5. The minimum absolute atomic E-state index is 0.000335. The molecule has 8 heteroatoms. The number of ether oxygens (including phenoxy) is 2. The van der Waals surface area contributed by atoms with Gasteiger partial charge in [0.1, 0.15) is 11.5 Å². The fraction of sp³-hybridized carbons (Fsp3) is 0.261. The summed E-state index contributed by atoms with van der Waals surface area (Å²) in [6.45, 7) is 0. The Morgan fingerprint density at radius 3 is 1.90 bits per heavy atom. The monoisotopic (exact) mass is 425 g/mol. The van der Waals surface area contributed by atoms with Gasteiger partial charge >= 0.3 is 12.2 Å². The number of amides is 2. The maximum absolute atomic E-state index is 12.8. The Kier molecular flexibility index (Phi) is 7.79. The summed E-state index contributed by atoms with van der Waals surface area (Å²) in [7, 11) is 10.0. The zero-order chi connectivity index (χ0) is 23.1. The van der Waals surface area contributed by atoms with Crippen molar-refractivity contribution in [2.24, 2.45) is 0 Å². The van der Waals surface area contributed by atoms with E-state index in [0.717, 1.165) is 11.3 Å². The highest BCUT2D eigenvalue weighted by atomic mass is 16.6. The predicted octanol–water partition coefficient (Wildman–Crippen LogP) is 3.77. The smallest absolute Gasteiger partial charge is 0.410 e. The van der Waals surface area contributed by atoms with E-state index in [1.165, 1.54) is 48.2 Å². The fourth-order valence-corrected chi connectivity index (χ4v) is 2.38. The number of allylic oxidation sites excluding steroid dienone is 1. The molecule has 0 aliphatic heterocycles. The van der Waals surface area contributed by atoms with Gasteiger partial charge in [0.05, 0.1) is 5.56 Å². The van der Waals surface area contributed by atoms with E-state index in [1.54, 1.807) is 20.2 Å². The summed E-state index contributed by atoms with van der Waals surface area (Å²) in [6.07, 6.45) is 1.83. The van der Waals surface area contributed by atoms with Gasteiger partial charge in [0.25, 0.3) is 0 Å². The number of anilines is 1. The molecule has 2 amide bonds. The first-order chi connectivity index (χ1) is 14.6. The number of rotatable bonds is 6. The Morgan fingerprint density at radius 1 is 0.774 bits per heavy atom. The molecule has 0 bridgehead atoms. The Hall–Kier alpha value is -3.81. The van der Waals surface area contributed by atoms with Crippen LogP contribution in [0.2, 0.25) is 0 Å². The predicted molar refractivity (Wildman–Crippen MR) is 120 cm³/mol. The lowest BCUT2D eigenvalue weighted by atomic mass is 10.1. The van der Waals surface area contributed by atoms with Gasteiger partial charge in [-0.25, -0.2) is 9.59 Å². The van der Waals surface area contributed by atoms with E-state index in [0.29, 0.717) is 0 Å². The Morgan fingerprint density at radius 2 is 1.35 bits per heavy atom. The highest BCUT2D eigenvalue weighted by Gasteiger charge is 2.18. The fourth-order valence-electron chi connectivity index (χ4n) is 2.38. The minimum atomic E-state index is -0.659. The Balaban J connectivity index is 2.30. The molecule has 0 radical (unpaired) electrons. The molecule has 2 rings (SSSR count). The summed E-state index contributed by atoms with van der Waals surface area (Å²) in [5.74, 6) is -0.204. The second-order valence-corrected chi connectivity index (χ2v) is 7.37. The standard InChI is InChI=1S/C23H27N3O5/c1-24(2)17-10-7-16(8-11-17)9-14-20(27)19-13-12-18(30-22(28)25(3)4)15-21(19)31-23(29)26(5)6/h7-15H,1-6H3/b14-9+. The van der Waals surface area contributed by atoms with Gasteiger partial charge in [-0.15, -0.1) is 0 Å². The van der Waals surface area contributed by atoms with Crippen LogP contribution in [-0.2, 0) is 0 Å². The molecule has 0 unspecified atom stereocenters. The average molecular weight is 425 g/mol. The maximum Gasteiger partial charge on any atom is 0.414 e. The minimum Gasteiger partial charge on any atom is -0.410 e. The van der Waals surface area contributed by atoms with Crippen LogP contribution in [0, 0.1) is 0 Å². The molecular weight excluding hydrogens is 398 g/mol. The first-order valence-electron chi connectivity index (χ1n) is 9.50. The molecule has 164 valence electrons. The molecule has 0 heterocycles. The number of ketones is 1. The lowest BCUT2D eigenvalue weighted by Crippen LogP contribution is -2.26. The number of benzene rings is 2. The zero-order valence-corrected chi connectivity index (χ0v) is 18.6. The molecule has 2 aromatic rings. The molecule has 0 atom stereocenters. The first-order valence-corrected chi connectivity index (χ1v) is 9.50. The number of hydrogen-bond acceptors (Lipinski definition) is 6. The Bertz CT molecular complexity index is 979. The zero-order valence-electron chi connectivity index (χ0n) is 18.6. The molecule has 0 saturated carbocycles. The molecule has 0 aliphatic carbocycles. The van der Waals surface area contributed by atoms with Crippen molar-refractivity contribution in [1.82, 2.24) is 9.80 Å². The van der Waals surface area contributed by atoms with E-state index in [2.05, 4.69) is 0 Å². The topological polar surface area (TPSA) is 79.4 Å². The second-order valence-electron chi connectivity index (χ2n) is 7.37. The third-order valence-electron chi connectivity index (χ3n) is 4.19. The van der Waals surface area contributed by atoms with Crippen LogP contribution in [0.15, 0.2) is 48.5 Å². The van der Waals surface area contributed by atoms with E-state index >= 15 is 0 Å². The van der Waals surface area contributed by atoms with Crippen molar-refractivity contribution in [2.45, 2.75) is 0 Å². The van der Waals surface area contributed by atoms with Gasteiger partial charge < -0.3 is 24.2 Å². The van der Waals surface area contributed by atoms with Crippen LogP contribution >= 0.6 is 0 Å². The normalized spacial score (nSPS) is 10.5. The van der Waals surface area contributed by atoms with Crippen molar-refractivity contribution in [3.63, 3.8) is 0 Å². The molecule has 31 heavy (non-hydrogen) atoms. The summed E-state index contributed by atoms with van der Waals surface area (Å²) in [5.41, 5.74) is 2.06. The molecule has 0 aliphatic rings. The van der Waals surface area contributed by atoms with E-state index in [4.69, 9.17) is 9.47 Å². The van der Waals surface area contributed by atoms with Crippen molar-refractivity contribution in [3.05, 3.63) is 59.7 Å². The molecule has 0 fully saturated rings. The van der Waals surface area contributed by atoms with Gasteiger partial charge in [0.15, 0.2) is 5.78 Å². The third-order valence-corrected chi connectivity index (χ3v) is 4.19. The summed E-state index contributed by atoms with van der Waals surface area (Å²) in [6, 6.07) is 12.0. The highest BCUT2D eigenvalue weighted by Crippen LogP contribution is 2.27. The van der Waals surface area contributed by atoms with E-state index in [-0.39, 0.29) is 22.8 Å². The van der Waals surface area contributed by atoms with Crippen LogP contribution in [0.4, 0.5) is 15.3 Å². The second kappa shape index (κ2) is 10.3. The van der Waals surface area contributed by atoms with Crippen molar-refractivity contribution < 1.29 is 23.9 Å². The van der Waals surface area contributed by atoms with E-state index < -0.39 is 12.2 Å². The van der Waals surface area contributed by atoms with Gasteiger partial charge in [0.2, 0.25) is 0 Å². The van der Waals surface area contributed by atoms with Crippen LogP contribution in [0.3, 0.4) is 0 Å². The van der Waals surface area contributed by atoms with Crippen LogP contribution in [0.1, 0.15) is 15.9 Å². The summed E-state index contributed by atoms with van der Waals surface area (Å²) >= 11 is 0. The van der Waals surface area contributed by atoms with Crippen LogP contribution in [0.25, 0.3) is 6.08 Å². The van der Waals surface area contributed by atoms with Gasteiger partial charge in [-0.1, -0.05) is 18.2 Å². The molecule has 0 N–H and O–H groups in total. The van der Waals surface area contributed by atoms with Crippen LogP contribution in [-0.4, -0.2) is 70.1 Å². The summed E-state index contributed by atoms with van der Waals surface area (Å²) in [5, 5.41) is 0. The van der Waals surface area contributed by atoms with Gasteiger partial charge in [-0.05, 0) is 35.9 Å². The number of carbonyl (C=O) groups excluding carboxylic acids is 3.